The topological polar surface area (TPSA) is 63.7 Å². The van der Waals surface area contributed by atoms with Crippen LogP contribution in [0.15, 0.2) is 24.3 Å². The maximum absolute atomic E-state index is 12.2. The Morgan fingerprint density at radius 2 is 1.86 bits per heavy atom. The molecule has 1 aliphatic rings. The summed E-state index contributed by atoms with van der Waals surface area (Å²) in [5.41, 5.74) is 2.36. The smallest absolute Gasteiger partial charge is 0.318 e. The van der Waals surface area contributed by atoms with Gasteiger partial charge in [-0.3, -0.25) is 14.4 Å². The minimum Gasteiger partial charge on any atom is -0.468 e. The van der Waals surface area contributed by atoms with E-state index in [2.05, 4.69) is 23.8 Å². The Labute approximate surface area is 130 Å². The third-order valence-corrected chi connectivity index (χ3v) is 4.04. The van der Waals surface area contributed by atoms with Gasteiger partial charge in [0.25, 0.3) is 0 Å². The third kappa shape index (κ3) is 3.72. The van der Waals surface area contributed by atoms with Crippen molar-refractivity contribution in [3.8, 4) is 0 Å². The van der Waals surface area contributed by atoms with Gasteiger partial charge in [-0.15, -0.1) is 0 Å². The average Bonchev–Trinajstić information content (AvgIpc) is 2.94. The highest BCUT2D eigenvalue weighted by molar-refractivity contribution is 6.03. The second kappa shape index (κ2) is 7.20. The molecule has 5 heteroatoms. The number of carbonyl (C=O) groups excluding carboxylic acids is 3. The van der Waals surface area contributed by atoms with E-state index in [4.69, 9.17) is 0 Å². The summed E-state index contributed by atoms with van der Waals surface area (Å²) in [5.74, 6) is -1.72. The summed E-state index contributed by atoms with van der Waals surface area (Å²) < 4.78 is 4.59. The molecule has 1 unspecified atom stereocenters. The van der Waals surface area contributed by atoms with Crippen LogP contribution in [0.3, 0.4) is 0 Å². The normalized spacial score (nSPS) is 17.6. The second-order valence-corrected chi connectivity index (χ2v) is 5.49. The molecule has 1 aliphatic heterocycles. The minimum absolute atomic E-state index is 0.00731. The van der Waals surface area contributed by atoms with Crippen molar-refractivity contribution < 1.29 is 19.1 Å². The highest BCUT2D eigenvalue weighted by atomic mass is 16.5. The van der Waals surface area contributed by atoms with Gasteiger partial charge in [-0.1, -0.05) is 31.2 Å². The minimum atomic E-state index is -0.821. The molecule has 1 atom stereocenters. The maximum atomic E-state index is 12.2. The molecule has 1 saturated heterocycles. The lowest BCUT2D eigenvalue weighted by Gasteiger charge is -2.15. The summed E-state index contributed by atoms with van der Waals surface area (Å²) in [6, 6.07) is 8.18. The van der Waals surface area contributed by atoms with Gasteiger partial charge in [0, 0.05) is 13.0 Å². The molecule has 1 fully saturated rings. The van der Waals surface area contributed by atoms with Gasteiger partial charge in [0.15, 0.2) is 5.78 Å². The quantitative estimate of drug-likeness (QED) is 0.609. The van der Waals surface area contributed by atoms with Crippen LogP contribution in [0, 0.1) is 5.92 Å². The number of likely N-dealkylation sites (tertiary alicyclic amines) is 1. The molecule has 0 radical (unpaired) electrons. The molecule has 0 aliphatic carbocycles. The van der Waals surface area contributed by atoms with Crippen LogP contribution >= 0.6 is 0 Å². The number of ketones is 1. The van der Waals surface area contributed by atoms with Gasteiger partial charge < -0.3 is 9.64 Å². The molecule has 0 N–H and O–H groups in total. The van der Waals surface area contributed by atoms with Gasteiger partial charge in [0.2, 0.25) is 5.91 Å². The first-order valence-electron chi connectivity index (χ1n) is 7.51. The number of methoxy groups -OCH3 is 1. The molecule has 0 saturated carbocycles. The fraction of sp³-hybridized carbons (Fsp3) is 0.471. The maximum Gasteiger partial charge on any atom is 0.318 e. The van der Waals surface area contributed by atoms with Gasteiger partial charge in [0.1, 0.15) is 5.92 Å². The predicted molar refractivity (Wildman–Crippen MR) is 81.2 cm³/mol. The lowest BCUT2D eigenvalue weighted by Crippen LogP contribution is -2.30. The van der Waals surface area contributed by atoms with E-state index in [1.54, 1.807) is 0 Å². The van der Waals surface area contributed by atoms with E-state index in [0.29, 0.717) is 12.8 Å². The van der Waals surface area contributed by atoms with Crippen LogP contribution in [0.5, 0.6) is 0 Å². The van der Waals surface area contributed by atoms with E-state index < -0.39 is 11.9 Å². The fourth-order valence-electron chi connectivity index (χ4n) is 2.57. The summed E-state index contributed by atoms with van der Waals surface area (Å²) in [4.78, 5) is 36.8. The van der Waals surface area contributed by atoms with Crippen LogP contribution in [0.2, 0.25) is 0 Å². The first-order chi connectivity index (χ1) is 10.5. The van der Waals surface area contributed by atoms with Gasteiger partial charge in [-0.25, -0.2) is 0 Å². The standard InChI is InChI=1S/C17H21NO4/c1-3-12-4-6-13(7-5-12)8-9-16(20)18-10-14(15(19)11-18)17(21)22-2/h4-7,14H,3,8-11H2,1-2H3. The highest BCUT2D eigenvalue weighted by Gasteiger charge is 2.38. The van der Waals surface area contributed by atoms with Gasteiger partial charge in [-0.2, -0.15) is 0 Å². The molecular formula is C17H21NO4. The first kappa shape index (κ1) is 16.2. The zero-order chi connectivity index (χ0) is 16.1. The average molecular weight is 303 g/mol. The van der Waals surface area contributed by atoms with E-state index >= 15 is 0 Å². The first-order valence-corrected chi connectivity index (χ1v) is 7.51. The summed E-state index contributed by atoms with van der Waals surface area (Å²) in [7, 11) is 1.25. The van der Waals surface area contributed by atoms with Crippen molar-refractivity contribution in [2.45, 2.75) is 26.2 Å². The highest BCUT2D eigenvalue weighted by Crippen LogP contribution is 2.16. The van der Waals surface area contributed by atoms with Crippen LogP contribution in [-0.4, -0.2) is 42.8 Å². The number of hydrogen-bond acceptors (Lipinski definition) is 4. The van der Waals surface area contributed by atoms with Gasteiger partial charge in [-0.05, 0) is 24.0 Å². The molecule has 1 aromatic carbocycles. The van der Waals surface area contributed by atoms with Crippen LogP contribution in [-0.2, 0) is 32.0 Å². The molecule has 1 aromatic rings. The number of ether oxygens (including phenoxy) is 1. The van der Waals surface area contributed by atoms with E-state index in [9.17, 15) is 14.4 Å². The molecule has 0 bridgehead atoms. The second-order valence-electron chi connectivity index (χ2n) is 5.49. The van der Waals surface area contributed by atoms with E-state index in [-0.39, 0.29) is 24.8 Å². The summed E-state index contributed by atoms with van der Waals surface area (Å²) in [6.45, 7) is 2.24. The van der Waals surface area contributed by atoms with Crippen molar-refractivity contribution in [2.75, 3.05) is 20.2 Å². The number of amides is 1. The van der Waals surface area contributed by atoms with Crippen molar-refractivity contribution in [3.63, 3.8) is 0 Å². The predicted octanol–water partition coefficient (Wildman–Crippen LogP) is 1.38. The Bertz CT molecular complexity index is 565. The molecule has 1 amide bonds. The van der Waals surface area contributed by atoms with Crippen molar-refractivity contribution in [1.29, 1.82) is 0 Å². The van der Waals surface area contributed by atoms with Crippen LogP contribution in [0.4, 0.5) is 0 Å². The lowest BCUT2D eigenvalue weighted by atomic mass is 10.1. The number of carbonyl (C=O) groups is 3. The van der Waals surface area contributed by atoms with E-state index in [1.807, 2.05) is 12.1 Å². The lowest BCUT2D eigenvalue weighted by molar-refractivity contribution is -0.147. The summed E-state index contributed by atoms with van der Waals surface area (Å²) in [5, 5.41) is 0. The van der Waals surface area contributed by atoms with Gasteiger partial charge >= 0.3 is 5.97 Å². The zero-order valence-electron chi connectivity index (χ0n) is 13.0. The number of benzene rings is 1. The van der Waals surface area contributed by atoms with Crippen LogP contribution in [0.1, 0.15) is 24.5 Å². The Morgan fingerprint density at radius 3 is 2.45 bits per heavy atom. The monoisotopic (exact) mass is 303 g/mol. The molecule has 0 spiro atoms. The van der Waals surface area contributed by atoms with E-state index in [0.717, 1.165) is 12.0 Å². The summed E-state index contributed by atoms with van der Waals surface area (Å²) >= 11 is 0. The molecule has 22 heavy (non-hydrogen) atoms. The van der Waals surface area contributed by atoms with Crippen molar-refractivity contribution in [2.24, 2.45) is 5.92 Å². The number of esters is 1. The van der Waals surface area contributed by atoms with Crippen LogP contribution in [0.25, 0.3) is 0 Å². The van der Waals surface area contributed by atoms with Crippen molar-refractivity contribution >= 4 is 17.7 Å². The SMILES string of the molecule is CCc1ccc(CCC(=O)N2CC(=O)C(C(=O)OC)C2)cc1. The molecule has 5 nitrogen and oxygen atoms in total. The Balaban J connectivity index is 1.87. The number of Topliss-reactive ketones (excluding diaryl/α,β-unsaturated/α-hetero) is 1. The number of aryl methyl sites for hydroxylation is 2. The largest absolute Gasteiger partial charge is 0.468 e. The number of hydrogen-bond donors (Lipinski definition) is 0. The van der Waals surface area contributed by atoms with Gasteiger partial charge in [0.05, 0.1) is 13.7 Å². The number of rotatable bonds is 5. The fourth-order valence-corrected chi connectivity index (χ4v) is 2.57. The Kier molecular flexibility index (Phi) is 5.31. The molecule has 1 heterocycles. The molecule has 0 aromatic heterocycles. The van der Waals surface area contributed by atoms with Crippen molar-refractivity contribution in [1.82, 2.24) is 4.90 Å². The summed E-state index contributed by atoms with van der Waals surface area (Å²) in [6.07, 6.45) is 1.97. The molecule has 118 valence electrons. The van der Waals surface area contributed by atoms with Crippen LogP contribution < -0.4 is 0 Å². The Morgan fingerprint density at radius 1 is 1.23 bits per heavy atom. The third-order valence-electron chi connectivity index (χ3n) is 4.04. The Hall–Kier alpha value is -2.17. The molecule has 2 rings (SSSR count). The van der Waals surface area contributed by atoms with Crippen molar-refractivity contribution in [3.05, 3.63) is 35.4 Å². The number of nitrogens with zero attached hydrogens (tertiary/aromatic N) is 1. The molecular weight excluding hydrogens is 282 g/mol. The van der Waals surface area contributed by atoms with E-state index in [1.165, 1.54) is 17.6 Å². The zero-order valence-corrected chi connectivity index (χ0v) is 13.0.